The van der Waals surface area contributed by atoms with Crippen molar-refractivity contribution in [3.8, 4) is 0 Å². The number of rotatable bonds is 4. The number of carbonyl (C=O) groups is 1. The van der Waals surface area contributed by atoms with Crippen molar-refractivity contribution in [3.63, 3.8) is 0 Å². The summed E-state index contributed by atoms with van der Waals surface area (Å²) in [6.07, 6.45) is 0.969. The highest BCUT2D eigenvalue weighted by Crippen LogP contribution is 2.02. The number of hydrogen-bond donors (Lipinski definition) is 2. The fourth-order valence-electron chi connectivity index (χ4n) is 0.815. The summed E-state index contributed by atoms with van der Waals surface area (Å²) < 4.78 is 4.68. The van der Waals surface area contributed by atoms with Crippen LogP contribution in [-0.2, 0) is 4.74 Å². The van der Waals surface area contributed by atoms with Crippen molar-refractivity contribution >= 4 is 11.8 Å². The van der Waals surface area contributed by atoms with Crippen LogP contribution in [0.2, 0.25) is 0 Å². The van der Waals surface area contributed by atoms with E-state index in [1.54, 1.807) is 0 Å². The van der Waals surface area contributed by atoms with Crippen molar-refractivity contribution in [1.82, 2.24) is 5.43 Å². The van der Waals surface area contributed by atoms with Gasteiger partial charge in [-0.15, -0.1) is 0 Å². The summed E-state index contributed by atoms with van der Waals surface area (Å²) in [5, 5.41) is 0. The lowest BCUT2D eigenvalue weighted by Crippen LogP contribution is -2.29. The SMILES string of the molecule is C=CCOC(=O)NNc1ccccc1. The third-order valence-corrected chi connectivity index (χ3v) is 1.41. The zero-order valence-corrected chi connectivity index (χ0v) is 7.69. The zero-order valence-electron chi connectivity index (χ0n) is 7.69. The van der Waals surface area contributed by atoms with Gasteiger partial charge in [0.25, 0.3) is 0 Å². The second kappa shape index (κ2) is 5.64. The molecule has 74 valence electrons. The van der Waals surface area contributed by atoms with Gasteiger partial charge in [-0.05, 0) is 12.1 Å². The quantitative estimate of drug-likeness (QED) is 0.566. The second-order valence-electron chi connectivity index (χ2n) is 2.50. The number of hydrogen-bond acceptors (Lipinski definition) is 3. The molecule has 0 saturated heterocycles. The normalized spacial score (nSPS) is 8.86. The molecule has 1 aromatic rings. The lowest BCUT2D eigenvalue weighted by molar-refractivity contribution is 0.160. The number of para-hydroxylation sites is 1. The van der Waals surface area contributed by atoms with E-state index in [0.717, 1.165) is 5.69 Å². The first-order valence-electron chi connectivity index (χ1n) is 4.17. The van der Waals surface area contributed by atoms with Crippen LogP contribution in [0.15, 0.2) is 43.0 Å². The van der Waals surface area contributed by atoms with Crippen LogP contribution in [0.1, 0.15) is 0 Å². The Kier molecular flexibility index (Phi) is 4.07. The molecule has 4 heteroatoms. The molecule has 0 aromatic heterocycles. The zero-order chi connectivity index (χ0) is 10.2. The molecule has 14 heavy (non-hydrogen) atoms. The molecule has 2 N–H and O–H groups in total. The van der Waals surface area contributed by atoms with E-state index in [0.29, 0.717) is 0 Å². The van der Waals surface area contributed by atoms with E-state index in [1.165, 1.54) is 6.08 Å². The van der Waals surface area contributed by atoms with Crippen molar-refractivity contribution in [1.29, 1.82) is 0 Å². The van der Waals surface area contributed by atoms with Gasteiger partial charge in [-0.25, -0.2) is 10.2 Å². The molecule has 0 bridgehead atoms. The molecule has 0 aliphatic heterocycles. The minimum absolute atomic E-state index is 0.197. The van der Waals surface area contributed by atoms with Gasteiger partial charge in [-0.3, -0.25) is 5.43 Å². The van der Waals surface area contributed by atoms with E-state index in [2.05, 4.69) is 22.2 Å². The maximum absolute atomic E-state index is 10.9. The molecule has 0 heterocycles. The molecule has 0 fully saturated rings. The topological polar surface area (TPSA) is 50.4 Å². The van der Waals surface area contributed by atoms with Crippen molar-refractivity contribution in [2.45, 2.75) is 0 Å². The summed E-state index contributed by atoms with van der Waals surface area (Å²) in [7, 11) is 0. The summed E-state index contributed by atoms with van der Waals surface area (Å²) in [5.74, 6) is 0. The van der Waals surface area contributed by atoms with Gasteiger partial charge in [0.05, 0.1) is 5.69 Å². The van der Waals surface area contributed by atoms with E-state index in [9.17, 15) is 4.79 Å². The van der Waals surface area contributed by atoms with E-state index in [-0.39, 0.29) is 6.61 Å². The van der Waals surface area contributed by atoms with Crippen molar-refractivity contribution in [2.24, 2.45) is 0 Å². The number of amides is 1. The predicted octanol–water partition coefficient (Wildman–Crippen LogP) is 1.93. The standard InChI is InChI=1S/C10H12N2O2/c1-2-8-14-10(13)12-11-9-6-4-3-5-7-9/h2-7,11H,1,8H2,(H,12,13). The van der Waals surface area contributed by atoms with E-state index in [4.69, 9.17) is 0 Å². The van der Waals surface area contributed by atoms with Crippen LogP contribution < -0.4 is 10.9 Å². The van der Waals surface area contributed by atoms with Gasteiger partial charge in [-0.2, -0.15) is 0 Å². The molecule has 1 rings (SSSR count). The summed E-state index contributed by atoms with van der Waals surface area (Å²) in [6.45, 7) is 3.62. The fraction of sp³-hybridized carbons (Fsp3) is 0.100. The maximum Gasteiger partial charge on any atom is 0.426 e. The van der Waals surface area contributed by atoms with Gasteiger partial charge in [-0.1, -0.05) is 30.9 Å². The van der Waals surface area contributed by atoms with E-state index < -0.39 is 6.09 Å². The number of ether oxygens (including phenoxy) is 1. The monoisotopic (exact) mass is 192 g/mol. The van der Waals surface area contributed by atoms with Crippen LogP contribution in [0.25, 0.3) is 0 Å². The Labute approximate surface area is 82.5 Å². The molecule has 0 atom stereocenters. The number of anilines is 1. The van der Waals surface area contributed by atoms with Gasteiger partial charge in [0.1, 0.15) is 6.61 Å². The van der Waals surface area contributed by atoms with Crippen molar-refractivity contribution < 1.29 is 9.53 Å². The highest BCUT2D eigenvalue weighted by Gasteiger charge is 1.97. The number of carbonyl (C=O) groups excluding carboxylic acids is 1. The average molecular weight is 192 g/mol. The summed E-state index contributed by atoms with van der Waals surface area (Å²) >= 11 is 0. The molecule has 0 aliphatic rings. The first-order valence-corrected chi connectivity index (χ1v) is 4.17. The molecule has 1 amide bonds. The summed E-state index contributed by atoms with van der Waals surface area (Å²) in [4.78, 5) is 10.9. The molecule has 1 aromatic carbocycles. The Morgan fingerprint density at radius 2 is 2.14 bits per heavy atom. The number of nitrogens with one attached hydrogen (secondary N) is 2. The summed E-state index contributed by atoms with van der Waals surface area (Å²) in [6, 6.07) is 9.26. The van der Waals surface area contributed by atoms with Gasteiger partial charge in [0, 0.05) is 0 Å². The minimum Gasteiger partial charge on any atom is -0.444 e. The van der Waals surface area contributed by atoms with Crippen LogP contribution in [0.3, 0.4) is 0 Å². The maximum atomic E-state index is 10.9. The molecule has 4 nitrogen and oxygen atoms in total. The van der Waals surface area contributed by atoms with E-state index >= 15 is 0 Å². The van der Waals surface area contributed by atoms with Crippen LogP contribution in [-0.4, -0.2) is 12.7 Å². The average Bonchev–Trinajstić information content (AvgIpc) is 2.25. The third kappa shape index (κ3) is 3.62. The van der Waals surface area contributed by atoms with Gasteiger partial charge in [0.15, 0.2) is 0 Å². The van der Waals surface area contributed by atoms with Crippen molar-refractivity contribution in [2.75, 3.05) is 12.0 Å². The van der Waals surface area contributed by atoms with E-state index in [1.807, 2.05) is 30.3 Å². The highest BCUT2D eigenvalue weighted by molar-refractivity contribution is 5.69. The first kappa shape index (κ1) is 10.1. The molecular formula is C10H12N2O2. The minimum atomic E-state index is -0.534. The highest BCUT2D eigenvalue weighted by atomic mass is 16.5. The molecule has 0 radical (unpaired) electrons. The lowest BCUT2D eigenvalue weighted by Gasteiger charge is -2.07. The van der Waals surface area contributed by atoms with Crippen LogP contribution in [0.4, 0.5) is 10.5 Å². The Morgan fingerprint density at radius 1 is 1.43 bits per heavy atom. The van der Waals surface area contributed by atoms with Gasteiger partial charge < -0.3 is 4.74 Å². The molecular weight excluding hydrogens is 180 g/mol. The third-order valence-electron chi connectivity index (χ3n) is 1.41. The van der Waals surface area contributed by atoms with Crippen LogP contribution in [0.5, 0.6) is 0 Å². The Balaban J connectivity index is 2.27. The van der Waals surface area contributed by atoms with Gasteiger partial charge >= 0.3 is 6.09 Å². The Morgan fingerprint density at radius 3 is 2.79 bits per heavy atom. The largest absolute Gasteiger partial charge is 0.444 e. The first-order chi connectivity index (χ1) is 6.83. The number of hydrazine groups is 1. The Bertz CT molecular complexity index is 298. The van der Waals surface area contributed by atoms with Gasteiger partial charge in [0.2, 0.25) is 0 Å². The lowest BCUT2D eigenvalue weighted by atomic mass is 10.3. The number of benzene rings is 1. The molecule has 0 spiro atoms. The van der Waals surface area contributed by atoms with Crippen LogP contribution in [0, 0.1) is 0 Å². The Hall–Kier alpha value is -1.97. The predicted molar refractivity (Wildman–Crippen MR) is 54.7 cm³/mol. The van der Waals surface area contributed by atoms with Crippen LogP contribution >= 0.6 is 0 Å². The smallest absolute Gasteiger partial charge is 0.426 e. The molecule has 0 unspecified atom stereocenters. The van der Waals surface area contributed by atoms with Crippen molar-refractivity contribution in [3.05, 3.63) is 43.0 Å². The molecule has 0 saturated carbocycles. The second-order valence-corrected chi connectivity index (χ2v) is 2.50. The summed E-state index contributed by atoms with van der Waals surface area (Å²) in [5.41, 5.74) is 5.86. The molecule has 0 aliphatic carbocycles. The fourth-order valence-corrected chi connectivity index (χ4v) is 0.815.